The minimum absolute atomic E-state index is 0.0541. The molecule has 8 nitrogen and oxygen atoms in total. The summed E-state index contributed by atoms with van der Waals surface area (Å²) in [4.78, 5) is 14.8. The monoisotopic (exact) mass is 408 g/mol. The predicted octanol–water partition coefficient (Wildman–Crippen LogP) is 3.00. The number of amides is 1. The van der Waals surface area contributed by atoms with Crippen molar-refractivity contribution in [2.24, 2.45) is 0 Å². The molecule has 0 radical (unpaired) electrons. The molecule has 0 aliphatic carbocycles. The van der Waals surface area contributed by atoms with Crippen LogP contribution in [0.4, 0.5) is 17.1 Å². The zero-order valence-electron chi connectivity index (χ0n) is 17.0. The summed E-state index contributed by atoms with van der Waals surface area (Å²) in [7, 11) is 3.05. The topological polar surface area (TPSA) is 95.8 Å². The third-order valence-electron chi connectivity index (χ3n) is 4.63. The van der Waals surface area contributed by atoms with Crippen LogP contribution in [-0.4, -0.2) is 46.4 Å². The van der Waals surface area contributed by atoms with Gasteiger partial charge < -0.3 is 29.7 Å². The van der Waals surface area contributed by atoms with Gasteiger partial charge in [-0.3, -0.25) is 4.79 Å². The van der Waals surface area contributed by atoms with Crippen LogP contribution < -0.4 is 25.0 Å². The number of rotatable bonds is 7. The Hall–Kier alpha value is -3.70. The maximum absolute atomic E-state index is 12.6. The summed E-state index contributed by atoms with van der Waals surface area (Å²) in [5.41, 5.74) is 2.25. The first-order valence-corrected chi connectivity index (χ1v) is 9.48. The Morgan fingerprint density at radius 3 is 2.57 bits per heavy atom. The number of nitrogens with zero attached hydrogens (tertiary/aromatic N) is 2. The van der Waals surface area contributed by atoms with E-state index in [0.29, 0.717) is 30.4 Å². The molecule has 0 atom stereocenters. The van der Waals surface area contributed by atoms with Gasteiger partial charge in [0, 0.05) is 31.0 Å². The van der Waals surface area contributed by atoms with E-state index in [4.69, 9.17) is 14.2 Å². The average Bonchev–Trinajstić information content (AvgIpc) is 2.80. The van der Waals surface area contributed by atoms with Gasteiger partial charge in [-0.25, -0.2) is 0 Å². The van der Waals surface area contributed by atoms with Crippen molar-refractivity contribution in [3.63, 3.8) is 0 Å². The van der Waals surface area contributed by atoms with Crippen molar-refractivity contribution in [2.45, 2.75) is 0 Å². The molecule has 1 heterocycles. The number of hydrogen-bond donors (Lipinski definition) is 2. The van der Waals surface area contributed by atoms with Crippen molar-refractivity contribution in [3.8, 4) is 17.6 Å². The van der Waals surface area contributed by atoms with Gasteiger partial charge in [0.1, 0.15) is 11.6 Å². The maximum atomic E-state index is 12.6. The Kier molecular flexibility index (Phi) is 7.14. The number of hydrogen-bond acceptors (Lipinski definition) is 7. The van der Waals surface area contributed by atoms with Crippen LogP contribution in [0.1, 0.15) is 0 Å². The molecule has 30 heavy (non-hydrogen) atoms. The van der Waals surface area contributed by atoms with E-state index in [1.165, 1.54) is 20.4 Å². The lowest BCUT2D eigenvalue weighted by molar-refractivity contribution is -0.112. The highest BCUT2D eigenvalue weighted by molar-refractivity contribution is 6.07. The number of carbonyl (C=O) groups excluding carboxylic acids is 1. The first kappa shape index (κ1) is 21.0. The zero-order valence-corrected chi connectivity index (χ0v) is 17.0. The highest BCUT2D eigenvalue weighted by atomic mass is 16.5. The molecule has 0 spiro atoms. The Bertz CT molecular complexity index is 962. The number of methoxy groups -OCH3 is 2. The maximum Gasteiger partial charge on any atom is 0.267 e. The van der Waals surface area contributed by atoms with Gasteiger partial charge in [-0.2, -0.15) is 5.26 Å². The van der Waals surface area contributed by atoms with E-state index in [9.17, 15) is 10.1 Å². The summed E-state index contributed by atoms with van der Waals surface area (Å²) in [5.74, 6) is 0.504. The standard InChI is InChI=1S/C22H24N4O4/c1-28-20-8-7-17(13-21(20)29-2)25-22(27)16(14-23)15-24-18-5-3-4-6-19(18)26-9-11-30-12-10-26/h3-8,13,15,24H,9-12H2,1-2H3,(H,25,27)/b16-15-. The summed E-state index contributed by atoms with van der Waals surface area (Å²) in [5, 5.41) is 15.3. The fraction of sp³-hybridized carbons (Fsp3) is 0.273. The Morgan fingerprint density at radius 1 is 1.13 bits per heavy atom. The third kappa shape index (κ3) is 5.01. The molecule has 1 saturated heterocycles. The number of carbonyl (C=O) groups is 1. The zero-order chi connectivity index (χ0) is 21.3. The molecule has 0 bridgehead atoms. The van der Waals surface area contributed by atoms with Gasteiger partial charge in [0.05, 0.1) is 38.8 Å². The van der Waals surface area contributed by atoms with Crippen LogP contribution in [0, 0.1) is 11.3 Å². The van der Waals surface area contributed by atoms with Gasteiger partial charge >= 0.3 is 0 Å². The minimum atomic E-state index is -0.527. The molecule has 0 aromatic heterocycles. The number of para-hydroxylation sites is 2. The van der Waals surface area contributed by atoms with Crippen molar-refractivity contribution >= 4 is 23.0 Å². The van der Waals surface area contributed by atoms with Crippen molar-refractivity contribution in [3.05, 3.63) is 54.2 Å². The highest BCUT2D eigenvalue weighted by Gasteiger charge is 2.15. The second-order valence-corrected chi connectivity index (χ2v) is 6.45. The number of nitrogens with one attached hydrogen (secondary N) is 2. The van der Waals surface area contributed by atoms with Gasteiger partial charge in [-0.1, -0.05) is 12.1 Å². The summed E-state index contributed by atoms with van der Waals surface area (Å²) in [6.07, 6.45) is 1.41. The number of ether oxygens (including phenoxy) is 3. The molecular formula is C22H24N4O4. The van der Waals surface area contributed by atoms with E-state index in [1.54, 1.807) is 18.2 Å². The molecule has 2 N–H and O–H groups in total. The second-order valence-electron chi connectivity index (χ2n) is 6.45. The second kappa shape index (κ2) is 10.2. The number of benzene rings is 2. The van der Waals surface area contributed by atoms with E-state index >= 15 is 0 Å². The van der Waals surface area contributed by atoms with E-state index in [0.717, 1.165) is 24.5 Å². The summed E-state index contributed by atoms with van der Waals surface area (Å²) < 4.78 is 15.8. The van der Waals surface area contributed by atoms with Gasteiger partial charge in [-0.15, -0.1) is 0 Å². The SMILES string of the molecule is COc1ccc(NC(=O)/C(C#N)=C\Nc2ccccc2N2CCOCC2)cc1OC. The van der Waals surface area contributed by atoms with Crippen molar-refractivity contribution in [1.29, 1.82) is 5.26 Å². The van der Waals surface area contributed by atoms with Gasteiger partial charge in [-0.05, 0) is 24.3 Å². The molecule has 0 unspecified atom stereocenters. The summed E-state index contributed by atoms with van der Waals surface area (Å²) in [6.45, 7) is 2.91. The van der Waals surface area contributed by atoms with Crippen LogP contribution in [0.5, 0.6) is 11.5 Å². The molecule has 2 aromatic rings. The lowest BCUT2D eigenvalue weighted by Crippen LogP contribution is -2.36. The van der Waals surface area contributed by atoms with E-state index in [2.05, 4.69) is 15.5 Å². The molecule has 3 rings (SSSR count). The van der Waals surface area contributed by atoms with Gasteiger partial charge in [0.25, 0.3) is 5.91 Å². The normalized spacial score (nSPS) is 13.9. The fourth-order valence-electron chi connectivity index (χ4n) is 3.09. The summed E-state index contributed by atoms with van der Waals surface area (Å²) >= 11 is 0. The van der Waals surface area contributed by atoms with Crippen molar-refractivity contribution in [1.82, 2.24) is 0 Å². The smallest absolute Gasteiger partial charge is 0.267 e. The molecule has 1 aliphatic rings. The number of morpholine rings is 1. The van der Waals surface area contributed by atoms with E-state index in [1.807, 2.05) is 30.3 Å². The molecule has 0 saturated carbocycles. The lowest BCUT2D eigenvalue weighted by Gasteiger charge is -2.30. The Labute approximate surface area is 175 Å². The quantitative estimate of drug-likeness (QED) is 0.537. The first-order chi connectivity index (χ1) is 14.7. The Morgan fingerprint density at radius 2 is 1.87 bits per heavy atom. The van der Waals surface area contributed by atoms with Crippen molar-refractivity contribution < 1.29 is 19.0 Å². The van der Waals surface area contributed by atoms with Crippen LogP contribution in [0.25, 0.3) is 0 Å². The predicted molar refractivity (Wildman–Crippen MR) is 115 cm³/mol. The average molecular weight is 408 g/mol. The molecule has 1 amide bonds. The molecule has 156 valence electrons. The number of anilines is 3. The first-order valence-electron chi connectivity index (χ1n) is 9.48. The van der Waals surface area contributed by atoms with Crippen LogP contribution in [0.3, 0.4) is 0 Å². The van der Waals surface area contributed by atoms with Crippen LogP contribution in [0.15, 0.2) is 54.2 Å². The van der Waals surface area contributed by atoms with E-state index in [-0.39, 0.29) is 5.57 Å². The highest BCUT2D eigenvalue weighted by Crippen LogP contribution is 2.30. The minimum Gasteiger partial charge on any atom is -0.493 e. The van der Waals surface area contributed by atoms with Crippen LogP contribution >= 0.6 is 0 Å². The number of nitriles is 1. The molecule has 8 heteroatoms. The van der Waals surface area contributed by atoms with Gasteiger partial charge in [0.15, 0.2) is 11.5 Å². The van der Waals surface area contributed by atoms with Crippen molar-refractivity contribution in [2.75, 3.05) is 56.1 Å². The fourth-order valence-corrected chi connectivity index (χ4v) is 3.09. The van der Waals surface area contributed by atoms with Crippen LogP contribution in [-0.2, 0) is 9.53 Å². The molecule has 1 fully saturated rings. The molecule has 2 aromatic carbocycles. The largest absolute Gasteiger partial charge is 0.493 e. The molecular weight excluding hydrogens is 384 g/mol. The Balaban J connectivity index is 1.73. The van der Waals surface area contributed by atoms with Gasteiger partial charge in [0.2, 0.25) is 0 Å². The van der Waals surface area contributed by atoms with Crippen LogP contribution in [0.2, 0.25) is 0 Å². The third-order valence-corrected chi connectivity index (χ3v) is 4.63. The van der Waals surface area contributed by atoms with E-state index < -0.39 is 5.91 Å². The lowest BCUT2D eigenvalue weighted by atomic mass is 10.2. The molecule has 1 aliphatic heterocycles. The summed E-state index contributed by atoms with van der Waals surface area (Å²) in [6, 6.07) is 14.7.